The molecular weight excluding hydrogens is 260 g/mol. The summed E-state index contributed by atoms with van der Waals surface area (Å²) in [6.45, 7) is 2.27. The minimum absolute atomic E-state index is 0.0892. The van der Waals surface area contributed by atoms with Crippen molar-refractivity contribution in [2.45, 2.75) is 96.8 Å². The zero-order chi connectivity index (χ0) is 15.6. The lowest BCUT2D eigenvalue weighted by Gasteiger charge is -2.00. The predicted octanol–water partition coefficient (Wildman–Crippen LogP) is 6.20. The quantitative estimate of drug-likeness (QED) is 0.204. The summed E-state index contributed by atoms with van der Waals surface area (Å²) >= 11 is 0. The highest BCUT2D eigenvalue weighted by atomic mass is 16.5. The minimum Gasteiger partial charge on any atom is -0.469 e. The zero-order valence-corrected chi connectivity index (χ0v) is 14.4. The SMILES string of the molecule is CCCCCCCCCCC/C=C\CCCCC(=O)OC. The second kappa shape index (κ2) is 17.3. The summed E-state index contributed by atoms with van der Waals surface area (Å²) in [6.07, 6.45) is 22.0. The van der Waals surface area contributed by atoms with Crippen LogP contribution < -0.4 is 0 Å². The largest absolute Gasteiger partial charge is 0.469 e. The third kappa shape index (κ3) is 17.2. The Morgan fingerprint density at radius 2 is 1.24 bits per heavy atom. The normalized spacial score (nSPS) is 11.1. The van der Waals surface area contributed by atoms with Gasteiger partial charge in [-0.15, -0.1) is 0 Å². The molecule has 124 valence electrons. The van der Waals surface area contributed by atoms with Crippen LogP contribution in [0.3, 0.4) is 0 Å². The Bertz CT molecular complexity index is 246. The van der Waals surface area contributed by atoms with Crippen LogP contribution in [0, 0.1) is 0 Å². The minimum atomic E-state index is -0.0892. The van der Waals surface area contributed by atoms with Gasteiger partial charge in [-0.05, 0) is 32.1 Å². The molecule has 0 unspecified atom stereocenters. The van der Waals surface area contributed by atoms with Crippen molar-refractivity contribution in [3.63, 3.8) is 0 Å². The Morgan fingerprint density at radius 1 is 0.762 bits per heavy atom. The third-order valence-electron chi connectivity index (χ3n) is 3.87. The number of ether oxygens (including phenoxy) is 1. The number of rotatable bonds is 15. The van der Waals surface area contributed by atoms with Crippen molar-refractivity contribution in [3.8, 4) is 0 Å². The molecule has 0 saturated carbocycles. The van der Waals surface area contributed by atoms with Gasteiger partial charge in [0.25, 0.3) is 0 Å². The van der Waals surface area contributed by atoms with Crippen LogP contribution in [0.1, 0.15) is 96.8 Å². The standard InChI is InChI=1S/C19H36O2/c1-3-4-5-6-7-8-9-10-11-12-13-14-15-16-17-18-19(20)21-2/h13-14H,3-12,15-18H2,1-2H3/b14-13-. The van der Waals surface area contributed by atoms with Crippen molar-refractivity contribution in [1.29, 1.82) is 0 Å². The van der Waals surface area contributed by atoms with Crippen LogP contribution in [-0.4, -0.2) is 13.1 Å². The van der Waals surface area contributed by atoms with Gasteiger partial charge in [0.05, 0.1) is 7.11 Å². The smallest absolute Gasteiger partial charge is 0.305 e. The first kappa shape index (κ1) is 20.2. The van der Waals surface area contributed by atoms with Crippen LogP contribution in [0.25, 0.3) is 0 Å². The molecule has 0 saturated heterocycles. The Labute approximate surface area is 132 Å². The molecule has 0 atom stereocenters. The number of hydrogen-bond donors (Lipinski definition) is 0. The van der Waals surface area contributed by atoms with E-state index >= 15 is 0 Å². The highest BCUT2D eigenvalue weighted by Gasteiger charge is 1.97. The molecule has 0 spiro atoms. The highest BCUT2D eigenvalue weighted by molar-refractivity contribution is 5.68. The number of methoxy groups -OCH3 is 1. The van der Waals surface area contributed by atoms with E-state index in [0.29, 0.717) is 6.42 Å². The van der Waals surface area contributed by atoms with E-state index in [2.05, 4.69) is 23.8 Å². The van der Waals surface area contributed by atoms with Gasteiger partial charge in [0.1, 0.15) is 0 Å². The van der Waals surface area contributed by atoms with E-state index in [0.717, 1.165) is 19.3 Å². The molecular formula is C19H36O2. The maximum Gasteiger partial charge on any atom is 0.305 e. The van der Waals surface area contributed by atoms with Gasteiger partial charge in [-0.1, -0.05) is 70.4 Å². The Kier molecular flexibility index (Phi) is 16.6. The molecule has 0 amide bonds. The molecule has 2 nitrogen and oxygen atoms in total. The van der Waals surface area contributed by atoms with E-state index in [1.807, 2.05) is 0 Å². The van der Waals surface area contributed by atoms with Crippen LogP contribution in [0.4, 0.5) is 0 Å². The maximum atomic E-state index is 10.9. The number of allylic oxidation sites excluding steroid dienone is 2. The molecule has 0 N–H and O–H groups in total. The first-order chi connectivity index (χ1) is 10.3. The average molecular weight is 296 g/mol. The fourth-order valence-electron chi connectivity index (χ4n) is 2.44. The molecule has 0 heterocycles. The molecule has 2 heteroatoms. The van der Waals surface area contributed by atoms with E-state index < -0.39 is 0 Å². The molecule has 21 heavy (non-hydrogen) atoms. The monoisotopic (exact) mass is 296 g/mol. The van der Waals surface area contributed by atoms with Crippen LogP contribution in [0.15, 0.2) is 12.2 Å². The third-order valence-corrected chi connectivity index (χ3v) is 3.87. The molecule has 0 aliphatic heterocycles. The van der Waals surface area contributed by atoms with Gasteiger partial charge in [0.2, 0.25) is 0 Å². The molecule has 0 aromatic heterocycles. The molecule has 0 radical (unpaired) electrons. The summed E-state index contributed by atoms with van der Waals surface area (Å²) in [4.78, 5) is 10.9. The second-order valence-electron chi connectivity index (χ2n) is 5.91. The van der Waals surface area contributed by atoms with Crippen molar-refractivity contribution in [3.05, 3.63) is 12.2 Å². The lowest BCUT2D eigenvalue weighted by molar-refractivity contribution is -0.140. The van der Waals surface area contributed by atoms with Crippen molar-refractivity contribution >= 4 is 5.97 Å². The summed E-state index contributed by atoms with van der Waals surface area (Å²) in [5, 5.41) is 0. The fraction of sp³-hybridized carbons (Fsp3) is 0.842. The Hall–Kier alpha value is -0.790. The van der Waals surface area contributed by atoms with E-state index in [4.69, 9.17) is 0 Å². The van der Waals surface area contributed by atoms with Crippen molar-refractivity contribution < 1.29 is 9.53 Å². The average Bonchev–Trinajstić information content (AvgIpc) is 2.50. The lowest BCUT2D eigenvalue weighted by atomic mass is 10.1. The maximum absolute atomic E-state index is 10.9. The van der Waals surface area contributed by atoms with Gasteiger partial charge in [-0.25, -0.2) is 0 Å². The van der Waals surface area contributed by atoms with Gasteiger partial charge in [0, 0.05) is 6.42 Å². The molecule has 0 fully saturated rings. The van der Waals surface area contributed by atoms with Gasteiger partial charge in [-0.3, -0.25) is 4.79 Å². The Balaban J connectivity index is 3.10. The number of unbranched alkanes of at least 4 members (excludes halogenated alkanes) is 11. The van der Waals surface area contributed by atoms with Gasteiger partial charge in [0.15, 0.2) is 0 Å². The van der Waals surface area contributed by atoms with Crippen LogP contribution in [0.5, 0.6) is 0 Å². The van der Waals surface area contributed by atoms with Crippen molar-refractivity contribution in [2.75, 3.05) is 7.11 Å². The fourth-order valence-corrected chi connectivity index (χ4v) is 2.44. The molecule has 0 aromatic carbocycles. The number of esters is 1. The topological polar surface area (TPSA) is 26.3 Å². The van der Waals surface area contributed by atoms with Crippen molar-refractivity contribution in [2.24, 2.45) is 0 Å². The number of carbonyl (C=O) groups is 1. The summed E-state index contributed by atoms with van der Waals surface area (Å²) in [5.41, 5.74) is 0. The Morgan fingerprint density at radius 3 is 1.76 bits per heavy atom. The first-order valence-corrected chi connectivity index (χ1v) is 9.03. The van der Waals surface area contributed by atoms with Gasteiger partial charge in [-0.2, -0.15) is 0 Å². The van der Waals surface area contributed by atoms with Crippen LogP contribution in [0.2, 0.25) is 0 Å². The van der Waals surface area contributed by atoms with E-state index in [1.54, 1.807) is 0 Å². The molecule has 0 aliphatic rings. The number of hydrogen-bond acceptors (Lipinski definition) is 2. The molecule has 0 bridgehead atoms. The summed E-state index contributed by atoms with van der Waals surface area (Å²) in [6, 6.07) is 0. The second-order valence-corrected chi connectivity index (χ2v) is 5.91. The summed E-state index contributed by atoms with van der Waals surface area (Å²) < 4.78 is 4.61. The lowest BCUT2D eigenvalue weighted by Crippen LogP contribution is -1.98. The van der Waals surface area contributed by atoms with Crippen molar-refractivity contribution in [1.82, 2.24) is 0 Å². The van der Waals surface area contributed by atoms with E-state index in [1.165, 1.54) is 71.3 Å². The highest BCUT2D eigenvalue weighted by Crippen LogP contribution is 2.11. The van der Waals surface area contributed by atoms with Gasteiger partial charge >= 0.3 is 5.97 Å². The van der Waals surface area contributed by atoms with E-state index in [9.17, 15) is 4.79 Å². The van der Waals surface area contributed by atoms with E-state index in [-0.39, 0.29) is 5.97 Å². The predicted molar refractivity (Wildman–Crippen MR) is 91.5 cm³/mol. The molecule has 0 aromatic rings. The summed E-state index contributed by atoms with van der Waals surface area (Å²) in [5.74, 6) is -0.0892. The van der Waals surface area contributed by atoms with Crippen LogP contribution in [-0.2, 0) is 9.53 Å². The molecule has 0 rings (SSSR count). The first-order valence-electron chi connectivity index (χ1n) is 9.03. The summed E-state index contributed by atoms with van der Waals surface area (Å²) in [7, 11) is 1.45. The van der Waals surface area contributed by atoms with Crippen LogP contribution >= 0.6 is 0 Å². The molecule has 0 aliphatic carbocycles. The number of carbonyl (C=O) groups excluding carboxylic acids is 1. The zero-order valence-electron chi connectivity index (χ0n) is 14.4. The van der Waals surface area contributed by atoms with Gasteiger partial charge < -0.3 is 4.74 Å².